The third kappa shape index (κ3) is 3.39. The van der Waals surface area contributed by atoms with Crippen LogP contribution < -0.4 is 10.1 Å². The van der Waals surface area contributed by atoms with Gasteiger partial charge in [-0.3, -0.25) is 4.79 Å². The Morgan fingerprint density at radius 2 is 2.04 bits per heavy atom. The molecule has 0 spiro atoms. The predicted octanol–water partition coefficient (Wildman–Crippen LogP) is 3.51. The molecule has 0 bridgehead atoms. The smallest absolute Gasteiger partial charge is 0.265 e. The molecule has 1 aromatic heterocycles. The number of anilines is 1. The lowest BCUT2D eigenvalue weighted by Gasteiger charge is -2.11. The third-order valence-electron chi connectivity index (χ3n) is 4.05. The molecule has 0 saturated heterocycles. The fourth-order valence-corrected chi connectivity index (χ4v) is 3.51. The summed E-state index contributed by atoms with van der Waals surface area (Å²) in [6, 6.07) is 15.5. The van der Waals surface area contributed by atoms with Crippen molar-refractivity contribution in [2.75, 3.05) is 5.32 Å². The normalized spacial score (nSPS) is 15.5. The van der Waals surface area contributed by atoms with Gasteiger partial charge >= 0.3 is 0 Å². The summed E-state index contributed by atoms with van der Waals surface area (Å²) in [5.41, 5.74) is 1.83. The number of aromatic nitrogens is 2. The average Bonchev–Trinajstić information content (AvgIpc) is 3.23. The maximum absolute atomic E-state index is 12.4. The number of carbonyl (C=O) groups is 1. The van der Waals surface area contributed by atoms with E-state index in [0.717, 1.165) is 27.1 Å². The van der Waals surface area contributed by atoms with E-state index in [4.69, 9.17) is 4.74 Å². The molecule has 1 amide bonds. The van der Waals surface area contributed by atoms with E-state index in [1.165, 1.54) is 0 Å². The van der Waals surface area contributed by atoms with Gasteiger partial charge in [-0.05, 0) is 35.9 Å². The number of hydrogen-bond donors (Lipinski definition) is 1. The standard InChI is InChI=1S/C19H17N3O2S/c1-22-11-10-20-19(22)25-15-8-6-14(7-9-15)21-18(23)17-12-13-4-2-3-5-16(13)24-17/h2-11,17H,12H2,1H3,(H,21,23). The summed E-state index contributed by atoms with van der Waals surface area (Å²) in [5, 5.41) is 3.85. The number of fused-ring (bicyclic) bond motifs is 1. The molecule has 25 heavy (non-hydrogen) atoms. The maximum Gasteiger partial charge on any atom is 0.265 e. The highest BCUT2D eigenvalue weighted by Gasteiger charge is 2.28. The first kappa shape index (κ1) is 15.8. The van der Waals surface area contributed by atoms with Crippen LogP contribution in [0.25, 0.3) is 0 Å². The number of hydrogen-bond acceptors (Lipinski definition) is 4. The molecule has 1 atom stereocenters. The first-order chi connectivity index (χ1) is 12.2. The van der Waals surface area contributed by atoms with Crippen LogP contribution in [-0.2, 0) is 18.3 Å². The van der Waals surface area contributed by atoms with Crippen LogP contribution in [0.4, 0.5) is 5.69 Å². The Balaban J connectivity index is 1.38. The van der Waals surface area contributed by atoms with Gasteiger partial charge in [0.2, 0.25) is 0 Å². The molecule has 4 rings (SSSR count). The lowest BCUT2D eigenvalue weighted by molar-refractivity contribution is -0.122. The summed E-state index contributed by atoms with van der Waals surface area (Å²) >= 11 is 1.58. The van der Waals surface area contributed by atoms with E-state index in [9.17, 15) is 4.79 Å². The number of carbonyl (C=O) groups excluding carboxylic acids is 1. The molecule has 1 aliphatic heterocycles. The zero-order chi connectivity index (χ0) is 17.2. The summed E-state index contributed by atoms with van der Waals surface area (Å²) in [4.78, 5) is 17.8. The molecule has 0 aliphatic carbocycles. The molecule has 1 aliphatic rings. The molecular formula is C19H17N3O2S. The van der Waals surface area contributed by atoms with E-state index in [1.54, 1.807) is 18.0 Å². The van der Waals surface area contributed by atoms with Crippen molar-refractivity contribution in [3.05, 3.63) is 66.5 Å². The van der Waals surface area contributed by atoms with Gasteiger partial charge < -0.3 is 14.6 Å². The van der Waals surface area contributed by atoms with Crippen molar-refractivity contribution in [3.63, 3.8) is 0 Å². The van der Waals surface area contributed by atoms with Gasteiger partial charge in [0.05, 0.1) is 0 Å². The van der Waals surface area contributed by atoms with E-state index in [-0.39, 0.29) is 5.91 Å². The van der Waals surface area contributed by atoms with Crippen molar-refractivity contribution in [1.82, 2.24) is 9.55 Å². The Morgan fingerprint density at radius 3 is 2.76 bits per heavy atom. The summed E-state index contributed by atoms with van der Waals surface area (Å²) in [6.45, 7) is 0. The number of nitrogens with zero attached hydrogens (tertiary/aromatic N) is 2. The van der Waals surface area contributed by atoms with Crippen molar-refractivity contribution >= 4 is 23.4 Å². The van der Waals surface area contributed by atoms with Crippen LogP contribution >= 0.6 is 11.8 Å². The minimum atomic E-state index is -0.473. The van der Waals surface area contributed by atoms with Gasteiger partial charge in [-0.2, -0.15) is 0 Å². The number of aryl methyl sites for hydroxylation is 1. The summed E-state index contributed by atoms with van der Waals surface area (Å²) < 4.78 is 7.69. The summed E-state index contributed by atoms with van der Waals surface area (Å²) in [6.07, 6.45) is 3.82. The van der Waals surface area contributed by atoms with Gasteiger partial charge in [0.1, 0.15) is 5.75 Å². The second-order valence-corrected chi connectivity index (χ2v) is 6.90. The molecule has 2 aromatic carbocycles. The Bertz CT molecular complexity index is 880. The van der Waals surface area contributed by atoms with E-state index >= 15 is 0 Å². The van der Waals surface area contributed by atoms with Crippen molar-refractivity contribution in [1.29, 1.82) is 0 Å². The molecule has 0 saturated carbocycles. The van der Waals surface area contributed by atoms with E-state index in [1.807, 2.05) is 66.3 Å². The molecule has 0 fully saturated rings. The summed E-state index contributed by atoms with van der Waals surface area (Å²) in [5.74, 6) is 0.671. The van der Waals surface area contributed by atoms with Crippen LogP contribution in [0.2, 0.25) is 0 Å². The number of rotatable bonds is 4. The molecule has 0 radical (unpaired) electrons. The zero-order valence-corrected chi connectivity index (χ0v) is 14.5. The van der Waals surface area contributed by atoms with Gasteiger partial charge in [0.15, 0.2) is 11.3 Å². The van der Waals surface area contributed by atoms with Gasteiger partial charge in [0, 0.05) is 36.4 Å². The topological polar surface area (TPSA) is 56.2 Å². The average molecular weight is 351 g/mol. The van der Waals surface area contributed by atoms with Crippen molar-refractivity contribution in [3.8, 4) is 5.75 Å². The first-order valence-corrected chi connectivity index (χ1v) is 8.81. The van der Waals surface area contributed by atoms with Crippen molar-refractivity contribution < 1.29 is 9.53 Å². The molecular weight excluding hydrogens is 334 g/mol. The maximum atomic E-state index is 12.4. The number of amides is 1. The number of ether oxygens (including phenoxy) is 1. The van der Waals surface area contributed by atoms with Crippen LogP contribution in [0, 0.1) is 0 Å². The largest absolute Gasteiger partial charge is 0.480 e. The first-order valence-electron chi connectivity index (χ1n) is 8.00. The van der Waals surface area contributed by atoms with Crippen molar-refractivity contribution in [2.24, 2.45) is 7.05 Å². The van der Waals surface area contributed by atoms with Gasteiger partial charge in [-0.1, -0.05) is 30.0 Å². The number of nitrogens with one attached hydrogen (secondary N) is 1. The Labute approximate surface area is 150 Å². The molecule has 1 N–H and O–H groups in total. The summed E-state index contributed by atoms with van der Waals surface area (Å²) in [7, 11) is 1.96. The van der Waals surface area contributed by atoms with E-state index in [2.05, 4.69) is 10.3 Å². The zero-order valence-electron chi connectivity index (χ0n) is 13.7. The second-order valence-electron chi connectivity index (χ2n) is 5.85. The number of imidazole rings is 1. The van der Waals surface area contributed by atoms with Crippen molar-refractivity contribution in [2.45, 2.75) is 22.6 Å². The molecule has 126 valence electrons. The van der Waals surface area contributed by atoms with Gasteiger partial charge in [-0.15, -0.1) is 0 Å². The van der Waals surface area contributed by atoms with Gasteiger partial charge in [0.25, 0.3) is 5.91 Å². The van der Waals surface area contributed by atoms with Crippen LogP contribution in [0.3, 0.4) is 0 Å². The molecule has 6 heteroatoms. The number of para-hydroxylation sites is 1. The fraction of sp³-hybridized carbons (Fsp3) is 0.158. The van der Waals surface area contributed by atoms with Crippen LogP contribution in [0.15, 0.2) is 71.0 Å². The minimum Gasteiger partial charge on any atom is -0.480 e. The third-order valence-corrected chi connectivity index (χ3v) is 5.13. The lowest BCUT2D eigenvalue weighted by atomic mass is 10.1. The number of benzene rings is 2. The molecule has 5 nitrogen and oxygen atoms in total. The van der Waals surface area contributed by atoms with Crippen LogP contribution in [0.5, 0.6) is 5.75 Å². The Hall–Kier alpha value is -2.73. The van der Waals surface area contributed by atoms with E-state index in [0.29, 0.717) is 6.42 Å². The predicted molar refractivity (Wildman–Crippen MR) is 97.0 cm³/mol. The van der Waals surface area contributed by atoms with Crippen LogP contribution in [-0.4, -0.2) is 21.6 Å². The Kier molecular flexibility index (Phi) is 4.19. The monoisotopic (exact) mass is 351 g/mol. The Morgan fingerprint density at radius 1 is 1.24 bits per heavy atom. The molecule has 1 unspecified atom stereocenters. The minimum absolute atomic E-state index is 0.124. The highest BCUT2D eigenvalue weighted by molar-refractivity contribution is 7.99. The molecule has 2 heterocycles. The quantitative estimate of drug-likeness (QED) is 0.781. The fourth-order valence-electron chi connectivity index (χ4n) is 2.71. The highest BCUT2D eigenvalue weighted by atomic mass is 32.2. The second kappa shape index (κ2) is 6.64. The van der Waals surface area contributed by atoms with Gasteiger partial charge in [-0.25, -0.2) is 4.98 Å². The highest BCUT2D eigenvalue weighted by Crippen LogP contribution is 2.29. The molecule has 3 aromatic rings. The SMILES string of the molecule is Cn1ccnc1Sc1ccc(NC(=O)C2Cc3ccccc3O2)cc1. The van der Waals surface area contributed by atoms with Crippen LogP contribution in [0.1, 0.15) is 5.56 Å². The lowest BCUT2D eigenvalue weighted by Crippen LogP contribution is -2.31. The van der Waals surface area contributed by atoms with E-state index < -0.39 is 6.10 Å².